The molecule has 1 spiro atoms. The Labute approximate surface area is 149 Å². The number of hydrogen-bond acceptors (Lipinski definition) is 6. The normalized spacial score (nSPS) is 18.9. The predicted octanol–water partition coefficient (Wildman–Crippen LogP) is 2.88. The first-order valence-corrected chi connectivity index (χ1v) is 9.15. The van der Waals surface area contributed by atoms with Crippen molar-refractivity contribution in [1.29, 1.82) is 0 Å². The molecular formula is C18H18N2O4S. The van der Waals surface area contributed by atoms with Crippen molar-refractivity contribution in [1.82, 2.24) is 9.88 Å². The number of benzene rings is 1. The van der Waals surface area contributed by atoms with Gasteiger partial charge in [0.15, 0.2) is 5.60 Å². The number of cyclic esters (lactones) is 1. The van der Waals surface area contributed by atoms with Crippen LogP contribution in [0.4, 0.5) is 4.79 Å². The van der Waals surface area contributed by atoms with Crippen molar-refractivity contribution in [2.75, 3.05) is 19.7 Å². The fourth-order valence-corrected chi connectivity index (χ4v) is 4.01. The summed E-state index contributed by atoms with van der Waals surface area (Å²) in [6.07, 6.45) is 1.33. The molecule has 4 rings (SSSR count). The van der Waals surface area contributed by atoms with E-state index < -0.39 is 11.8 Å². The summed E-state index contributed by atoms with van der Waals surface area (Å²) in [7, 11) is 0. The molecule has 2 aromatic rings. The van der Waals surface area contributed by atoms with Crippen molar-refractivity contribution >= 4 is 23.4 Å². The van der Waals surface area contributed by atoms with Gasteiger partial charge in [-0.2, -0.15) is 0 Å². The molecule has 25 heavy (non-hydrogen) atoms. The van der Waals surface area contributed by atoms with Gasteiger partial charge in [0.05, 0.1) is 5.01 Å². The first kappa shape index (κ1) is 16.1. The van der Waals surface area contributed by atoms with Crippen LogP contribution in [0.5, 0.6) is 0 Å². The topological polar surface area (TPSA) is 68.7 Å². The molecule has 1 aromatic carbocycles. The minimum absolute atomic E-state index is 0.0596. The van der Waals surface area contributed by atoms with E-state index in [4.69, 9.17) is 9.47 Å². The lowest BCUT2D eigenvalue weighted by Crippen LogP contribution is -2.48. The van der Waals surface area contributed by atoms with Crippen molar-refractivity contribution in [3.05, 3.63) is 52.0 Å². The summed E-state index contributed by atoms with van der Waals surface area (Å²) in [5.41, 5.74) is 1.12. The van der Waals surface area contributed by atoms with Gasteiger partial charge in [-0.15, -0.1) is 11.3 Å². The molecule has 3 heterocycles. The van der Waals surface area contributed by atoms with Crippen molar-refractivity contribution in [3.63, 3.8) is 0 Å². The van der Waals surface area contributed by atoms with Gasteiger partial charge in [-0.05, 0) is 5.56 Å². The molecule has 1 amide bonds. The van der Waals surface area contributed by atoms with Gasteiger partial charge >= 0.3 is 6.16 Å². The summed E-state index contributed by atoms with van der Waals surface area (Å²) in [4.78, 5) is 30.1. The van der Waals surface area contributed by atoms with Crippen LogP contribution in [0, 0.1) is 0 Å². The van der Waals surface area contributed by atoms with Crippen molar-refractivity contribution in [2.45, 2.75) is 24.9 Å². The van der Waals surface area contributed by atoms with Crippen molar-refractivity contribution in [2.24, 2.45) is 0 Å². The van der Waals surface area contributed by atoms with Crippen LogP contribution in [0.25, 0.3) is 0 Å². The minimum atomic E-state index is -0.607. The van der Waals surface area contributed by atoms with E-state index in [1.807, 2.05) is 23.6 Å². The van der Waals surface area contributed by atoms with Gasteiger partial charge in [0.2, 0.25) is 0 Å². The molecule has 0 N–H and O–H groups in total. The summed E-state index contributed by atoms with van der Waals surface area (Å²) >= 11 is 1.51. The van der Waals surface area contributed by atoms with E-state index in [2.05, 4.69) is 17.1 Å². The lowest BCUT2D eigenvalue weighted by atomic mass is 9.92. The number of amides is 1. The number of piperidine rings is 1. The molecule has 130 valence electrons. The molecule has 2 aliphatic heterocycles. The van der Waals surface area contributed by atoms with Crippen LogP contribution in [0.1, 0.15) is 33.9 Å². The number of hydrogen-bond donors (Lipinski definition) is 0. The number of aromatic nitrogens is 1. The zero-order valence-electron chi connectivity index (χ0n) is 13.6. The lowest BCUT2D eigenvalue weighted by Gasteiger charge is -2.35. The fraction of sp³-hybridized carbons (Fsp3) is 0.389. The highest BCUT2D eigenvalue weighted by atomic mass is 32.1. The highest BCUT2D eigenvalue weighted by Crippen LogP contribution is 2.32. The molecule has 2 aliphatic rings. The maximum absolute atomic E-state index is 12.7. The molecule has 2 saturated heterocycles. The Hall–Kier alpha value is -2.41. The molecule has 0 saturated carbocycles. The number of carbonyl (C=O) groups is 2. The van der Waals surface area contributed by atoms with Crippen LogP contribution < -0.4 is 0 Å². The van der Waals surface area contributed by atoms with Crippen molar-refractivity contribution in [3.8, 4) is 0 Å². The van der Waals surface area contributed by atoms with Crippen LogP contribution in [0.3, 0.4) is 0 Å². The highest BCUT2D eigenvalue weighted by molar-refractivity contribution is 7.09. The van der Waals surface area contributed by atoms with E-state index in [0.29, 0.717) is 31.6 Å². The third-order valence-electron chi connectivity index (χ3n) is 4.68. The summed E-state index contributed by atoms with van der Waals surface area (Å²) < 4.78 is 10.2. The van der Waals surface area contributed by atoms with Crippen LogP contribution in [0.15, 0.2) is 35.7 Å². The van der Waals surface area contributed by atoms with Crippen LogP contribution in [-0.2, 0) is 15.9 Å². The molecule has 7 heteroatoms. The quantitative estimate of drug-likeness (QED) is 0.789. The average molecular weight is 358 g/mol. The van der Waals surface area contributed by atoms with Gasteiger partial charge in [-0.25, -0.2) is 9.78 Å². The number of rotatable bonds is 3. The lowest BCUT2D eigenvalue weighted by molar-refractivity contribution is 0.00266. The van der Waals surface area contributed by atoms with Crippen LogP contribution in [0.2, 0.25) is 0 Å². The SMILES string of the molecule is O=C1OCC2(CCN(C(=O)c3csc(Cc4ccccc4)n3)CC2)O1. The van der Waals surface area contributed by atoms with E-state index >= 15 is 0 Å². The second-order valence-corrected chi connectivity index (χ2v) is 7.35. The Bertz CT molecular complexity index is 781. The number of ether oxygens (including phenoxy) is 2. The van der Waals surface area contributed by atoms with Gasteiger partial charge in [-0.1, -0.05) is 30.3 Å². The Kier molecular flexibility index (Phi) is 4.17. The van der Waals surface area contributed by atoms with Gasteiger partial charge < -0.3 is 14.4 Å². The zero-order chi connectivity index (χ0) is 17.3. The first-order chi connectivity index (χ1) is 12.1. The first-order valence-electron chi connectivity index (χ1n) is 8.27. The van der Waals surface area contributed by atoms with E-state index in [-0.39, 0.29) is 12.5 Å². The molecule has 1 aromatic heterocycles. The summed E-state index contributed by atoms with van der Waals surface area (Å²) in [5.74, 6) is -0.0596. The molecule has 0 unspecified atom stereocenters. The molecule has 0 aliphatic carbocycles. The molecule has 2 fully saturated rings. The number of carbonyl (C=O) groups excluding carboxylic acids is 2. The van der Waals surface area contributed by atoms with Crippen LogP contribution in [-0.4, -0.2) is 47.2 Å². The van der Waals surface area contributed by atoms with Gasteiger partial charge in [-0.3, -0.25) is 4.79 Å². The summed E-state index contributed by atoms with van der Waals surface area (Å²) in [6.45, 7) is 1.37. The number of nitrogens with zero attached hydrogens (tertiary/aromatic N) is 2. The molecular weight excluding hydrogens is 340 g/mol. The second kappa shape index (κ2) is 6.48. The monoisotopic (exact) mass is 358 g/mol. The van der Waals surface area contributed by atoms with E-state index in [9.17, 15) is 9.59 Å². The predicted molar refractivity (Wildman–Crippen MR) is 91.7 cm³/mol. The third kappa shape index (κ3) is 3.37. The van der Waals surface area contributed by atoms with E-state index in [1.165, 1.54) is 16.9 Å². The number of thiazole rings is 1. The smallest absolute Gasteiger partial charge is 0.430 e. The Morgan fingerprint density at radius 3 is 2.68 bits per heavy atom. The fourth-order valence-electron chi connectivity index (χ4n) is 3.21. The molecule has 6 nitrogen and oxygen atoms in total. The summed E-state index contributed by atoms with van der Waals surface area (Å²) in [5, 5.41) is 2.75. The maximum Gasteiger partial charge on any atom is 0.509 e. The Balaban J connectivity index is 1.38. The van der Waals surface area contributed by atoms with Gasteiger partial charge in [0.25, 0.3) is 5.91 Å². The van der Waals surface area contributed by atoms with Crippen molar-refractivity contribution < 1.29 is 19.1 Å². The van der Waals surface area contributed by atoms with Crippen LogP contribution >= 0.6 is 11.3 Å². The minimum Gasteiger partial charge on any atom is -0.430 e. The average Bonchev–Trinajstić information content (AvgIpc) is 3.23. The zero-order valence-corrected chi connectivity index (χ0v) is 14.5. The highest BCUT2D eigenvalue weighted by Gasteiger charge is 2.45. The van der Waals surface area contributed by atoms with E-state index in [1.54, 1.807) is 4.90 Å². The third-order valence-corrected chi connectivity index (χ3v) is 5.53. The van der Waals surface area contributed by atoms with Gasteiger partial charge in [0.1, 0.15) is 12.3 Å². The summed E-state index contributed by atoms with van der Waals surface area (Å²) in [6, 6.07) is 10.1. The standard InChI is InChI=1S/C18H18N2O4S/c21-16(20-8-6-18(7-9-20)12-23-17(22)24-18)14-11-25-15(19-14)10-13-4-2-1-3-5-13/h1-5,11H,6-10,12H2. The Morgan fingerprint density at radius 1 is 1.24 bits per heavy atom. The molecule has 0 radical (unpaired) electrons. The molecule has 0 atom stereocenters. The maximum atomic E-state index is 12.7. The number of likely N-dealkylation sites (tertiary alicyclic amines) is 1. The molecule has 0 bridgehead atoms. The van der Waals surface area contributed by atoms with Gasteiger partial charge in [0, 0.05) is 37.7 Å². The van der Waals surface area contributed by atoms with E-state index in [0.717, 1.165) is 11.4 Å². The second-order valence-electron chi connectivity index (χ2n) is 6.40. The Morgan fingerprint density at radius 2 is 2.00 bits per heavy atom. The largest absolute Gasteiger partial charge is 0.509 e.